The van der Waals surface area contributed by atoms with Gasteiger partial charge < -0.3 is 4.90 Å². The van der Waals surface area contributed by atoms with Crippen LogP contribution in [0.5, 0.6) is 0 Å². The first-order valence-corrected chi connectivity index (χ1v) is 5.95. The Morgan fingerprint density at radius 3 is 2.42 bits per heavy atom. The number of nitrogens with zero attached hydrogens (tertiary/aromatic N) is 1. The normalized spacial score (nSPS) is 11.4. The lowest BCUT2D eigenvalue weighted by Gasteiger charge is -2.24. The molecule has 1 amide bonds. The van der Waals surface area contributed by atoms with Gasteiger partial charge >= 0.3 is 6.18 Å². The largest absolute Gasteiger partial charge is 0.406 e. The number of halogens is 4. The van der Waals surface area contributed by atoms with E-state index >= 15 is 0 Å². The molecule has 0 aliphatic carbocycles. The Hall–Kier alpha value is -1.59. The first kappa shape index (κ1) is 15.5. The van der Waals surface area contributed by atoms with E-state index in [1.807, 2.05) is 0 Å². The van der Waals surface area contributed by atoms with Crippen molar-refractivity contribution >= 4 is 5.91 Å². The highest BCUT2D eigenvalue weighted by molar-refractivity contribution is 5.94. The summed E-state index contributed by atoms with van der Waals surface area (Å²) in [6.45, 7) is 0.405. The zero-order valence-corrected chi connectivity index (χ0v) is 10.5. The molecule has 0 unspecified atom stereocenters. The lowest BCUT2D eigenvalue weighted by Crippen LogP contribution is -2.39. The van der Waals surface area contributed by atoms with Crippen molar-refractivity contribution in [2.24, 2.45) is 0 Å². The molecule has 106 valence electrons. The lowest BCUT2D eigenvalue weighted by atomic mass is 10.1. The van der Waals surface area contributed by atoms with Crippen LogP contribution < -0.4 is 0 Å². The van der Waals surface area contributed by atoms with Crippen LogP contribution in [0.3, 0.4) is 0 Å². The molecule has 0 aliphatic heterocycles. The summed E-state index contributed by atoms with van der Waals surface area (Å²) in [6.07, 6.45) is -3.40. The molecule has 0 bridgehead atoms. The zero-order valence-electron chi connectivity index (χ0n) is 10.5. The van der Waals surface area contributed by atoms with Gasteiger partial charge in [0.1, 0.15) is 12.4 Å². The van der Waals surface area contributed by atoms with Crippen LogP contribution in [-0.4, -0.2) is 30.1 Å². The Morgan fingerprint density at radius 2 is 1.89 bits per heavy atom. The third-order valence-corrected chi connectivity index (χ3v) is 2.54. The van der Waals surface area contributed by atoms with E-state index in [-0.39, 0.29) is 12.1 Å². The van der Waals surface area contributed by atoms with Crippen molar-refractivity contribution in [1.29, 1.82) is 0 Å². The number of unbranched alkanes of at least 4 members (excludes halogenated alkanes) is 1. The van der Waals surface area contributed by atoms with Gasteiger partial charge in [-0.05, 0) is 18.6 Å². The summed E-state index contributed by atoms with van der Waals surface area (Å²) in [6, 6.07) is 5.04. The van der Waals surface area contributed by atoms with E-state index < -0.39 is 24.4 Å². The van der Waals surface area contributed by atoms with Gasteiger partial charge in [-0.3, -0.25) is 4.79 Å². The van der Waals surface area contributed by atoms with Crippen molar-refractivity contribution in [3.05, 3.63) is 35.6 Å². The van der Waals surface area contributed by atoms with E-state index in [0.29, 0.717) is 17.7 Å². The van der Waals surface area contributed by atoms with E-state index in [9.17, 15) is 22.4 Å². The molecule has 2 nitrogen and oxygen atoms in total. The van der Waals surface area contributed by atoms with Gasteiger partial charge in [-0.15, -0.1) is 0 Å². The molecule has 0 spiro atoms. The summed E-state index contributed by atoms with van der Waals surface area (Å²) < 4.78 is 50.7. The highest BCUT2D eigenvalue weighted by Crippen LogP contribution is 2.19. The van der Waals surface area contributed by atoms with Crippen molar-refractivity contribution in [1.82, 2.24) is 4.90 Å². The van der Waals surface area contributed by atoms with E-state index in [0.717, 1.165) is 6.07 Å². The summed E-state index contributed by atoms with van der Waals surface area (Å²) in [5, 5.41) is 0. The predicted octanol–water partition coefficient (Wildman–Crippen LogP) is 3.63. The maximum atomic E-state index is 13.4. The molecule has 0 N–H and O–H groups in total. The summed E-state index contributed by atoms with van der Waals surface area (Å²) >= 11 is 0. The second-order valence-corrected chi connectivity index (χ2v) is 4.18. The molecular weight excluding hydrogens is 262 g/mol. The summed E-state index contributed by atoms with van der Waals surface area (Å²) in [5.41, 5.74) is -0.331. The number of hydrogen-bond donors (Lipinski definition) is 0. The van der Waals surface area contributed by atoms with Gasteiger partial charge in [-0.1, -0.05) is 25.5 Å². The van der Waals surface area contributed by atoms with Gasteiger partial charge in [0.25, 0.3) is 5.91 Å². The van der Waals surface area contributed by atoms with E-state index in [1.54, 1.807) is 6.92 Å². The molecule has 0 heterocycles. The number of rotatable bonds is 5. The Balaban J connectivity index is 2.91. The third kappa shape index (κ3) is 4.89. The fourth-order valence-corrected chi connectivity index (χ4v) is 1.62. The average Bonchev–Trinajstić information content (AvgIpc) is 2.33. The van der Waals surface area contributed by atoms with Crippen LogP contribution in [0.1, 0.15) is 30.1 Å². The summed E-state index contributed by atoms with van der Waals surface area (Å²) in [4.78, 5) is 12.6. The number of carbonyl (C=O) groups excluding carboxylic acids is 1. The SMILES string of the molecule is CCCCN(CC(F)(F)F)C(=O)c1ccccc1F. The molecule has 0 aromatic heterocycles. The molecule has 0 aliphatic rings. The highest BCUT2D eigenvalue weighted by atomic mass is 19.4. The van der Waals surface area contributed by atoms with Crippen molar-refractivity contribution in [2.75, 3.05) is 13.1 Å². The van der Waals surface area contributed by atoms with Crippen molar-refractivity contribution in [3.63, 3.8) is 0 Å². The average molecular weight is 277 g/mol. The number of alkyl halides is 3. The minimum atomic E-state index is -4.49. The second kappa shape index (κ2) is 6.54. The Labute approximate surface area is 109 Å². The number of benzene rings is 1. The molecule has 0 saturated carbocycles. The molecule has 1 aromatic carbocycles. The van der Waals surface area contributed by atoms with Gasteiger partial charge in [0, 0.05) is 6.54 Å². The number of hydrogen-bond acceptors (Lipinski definition) is 1. The monoisotopic (exact) mass is 277 g/mol. The third-order valence-electron chi connectivity index (χ3n) is 2.54. The quantitative estimate of drug-likeness (QED) is 0.753. The van der Waals surface area contributed by atoms with Crippen molar-refractivity contribution in [2.45, 2.75) is 25.9 Å². The smallest absolute Gasteiger partial charge is 0.329 e. The lowest BCUT2D eigenvalue weighted by molar-refractivity contribution is -0.140. The van der Waals surface area contributed by atoms with E-state index in [1.165, 1.54) is 18.2 Å². The Bertz CT molecular complexity index is 431. The van der Waals surface area contributed by atoms with E-state index in [2.05, 4.69) is 0 Å². The van der Waals surface area contributed by atoms with Gasteiger partial charge in [0.15, 0.2) is 0 Å². The fourth-order valence-electron chi connectivity index (χ4n) is 1.62. The minimum absolute atomic E-state index is 0.0385. The minimum Gasteiger partial charge on any atom is -0.329 e. The van der Waals surface area contributed by atoms with Crippen LogP contribution in [0, 0.1) is 5.82 Å². The molecule has 0 radical (unpaired) electrons. The van der Waals surface area contributed by atoms with Crippen LogP contribution in [0.4, 0.5) is 17.6 Å². The van der Waals surface area contributed by atoms with Crippen LogP contribution in [0.25, 0.3) is 0 Å². The van der Waals surface area contributed by atoms with Crippen LogP contribution in [0.15, 0.2) is 24.3 Å². The molecule has 0 fully saturated rings. The van der Waals surface area contributed by atoms with Crippen molar-refractivity contribution < 1.29 is 22.4 Å². The first-order valence-electron chi connectivity index (χ1n) is 5.95. The van der Waals surface area contributed by atoms with Gasteiger partial charge in [-0.2, -0.15) is 13.2 Å². The molecular formula is C13H15F4NO. The van der Waals surface area contributed by atoms with Gasteiger partial charge in [-0.25, -0.2) is 4.39 Å². The standard InChI is InChI=1S/C13H15F4NO/c1-2-3-8-18(9-13(15,16)17)12(19)10-6-4-5-7-11(10)14/h4-7H,2-3,8-9H2,1H3. The molecule has 0 saturated heterocycles. The van der Waals surface area contributed by atoms with Crippen LogP contribution in [0.2, 0.25) is 0 Å². The zero-order chi connectivity index (χ0) is 14.5. The second-order valence-electron chi connectivity index (χ2n) is 4.18. The van der Waals surface area contributed by atoms with Gasteiger partial charge in [0.2, 0.25) is 0 Å². The molecule has 1 aromatic rings. The molecule has 19 heavy (non-hydrogen) atoms. The number of amides is 1. The Kier molecular flexibility index (Phi) is 5.32. The predicted molar refractivity (Wildman–Crippen MR) is 63.3 cm³/mol. The summed E-state index contributed by atoms with van der Waals surface area (Å²) in [5.74, 6) is -1.74. The molecule has 0 atom stereocenters. The molecule has 6 heteroatoms. The maximum Gasteiger partial charge on any atom is 0.406 e. The van der Waals surface area contributed by atoms with Gasteiger partial charge in [0.05, 0.1) is 5.56 Å². The Morgan fingerprint density at radius 1 is 1.26 bits per heavy atom. The molecule has 1 rings (SSSR count). The topological polar surface area (TPSA) is 20.3 Å². The van der Waals surface area contributed by atoms with Crippen LogP contribution in [-0.2, 0) is 0 Å². The highest BCUT2D eigenvalue weighted by Gasteiger charge is 2.33. The summed E-state index contributed by atoms with van der Waals surface area (Å²) in [7, 11) is 0. The first-order chi connectivity index (χ1) is 8.85. The van der Waals surface area contributed by atoms with E-state index in [4.69, 9.17) is 0 Å². The maximum absolute atomic E-state index is 13.4. The van der Waals surface area contributed by atoms with Crippen molar-refractivity contribution in [3.8, 4) is 0 Å². The van der Waals surface area contributed by atoms with Crippen LogP contribution >= 0.6 is 0 Å². The fraction of sp³-hybridized carbons (Fsp3) is 0.462. The number of carbonyl (C=O) groups is 1.